The summed E-state index contributed by atoms with van der Waals surface area (Å²) in [5.41, 5.74) is 7.26. The van der Waals surface area contributed by atoms with E-state index in [0.717, 1.165) is 16.0 Å². The van der Waals surface area contributed by atoms with Crippen LogP contribution in [0.15, 0.2) is 41.0 Å². The van der Waals surface area contributed by atoms with Crippen molar-refractivity contribution in [3.8, 4) is 0 Å². The first-order chi connectivity index (χ1) is 10.2. The van der Waals surface area contributed by atoms with E-state index in [2.05, 4.69) is 10.3 Å². The minimum Gasteiger partial charge on any atom is -0.468 e. The average molecular weight is 319 g/mol. The van der Waals surface area contributed by atoms with Crippen molar-refractivity contribution in [2.45, 2.75) is 5.75 Å². The molecule has 5 nitrogen and oxygen atoms in total. The first-order valence-electron chi connectivity index (χ1n) is 6.27. The van der Waals surface area contributed by atoms with Gasteiger partial charge in [-0.15, -0.1) is 11.8 Å². The van der Waals surface area contributed by atoms with E-state index >= 15 is 0 Å². The molecule has 0 saturated heterocycles. The van der Waals surface area contributed by atoms with E-state index in [9.17, 15) is 4.79 Å². The number of fused-ring (bicyclic) bond motifs is 1. The Kier molecular flexibility index (Phi) is 4.12. The number of benzene rings is 1. The second-order valence-electron chi connectivity index (χ2n) is 4.37. The van der Waals surface area contributed by atoms with Gasteiger partial charge in [-0.05, 0) is 30.3 Å². The Hall–Kier alpha value is -1.99. The number of thiazole rings is 1. The molecule has 2 aromatic heterocycles. The maximum Gasteiger partial charge on any atom is 0.236 e. The summed E-state index contributed by atoms with van der Waals surface area (Å²) in [6.07, 6.45) is 1.63. The molecule has 2 heterocycles. The van der Waals surface area contributed by atoms with Crippen LogP contribution in [-0.2, 0) is 10.5 Å². The van der Waals surface area contributed by atoms with Gasteiger partial charge in [0.2, 0.25) is 5.91 Å². The maximum atomic E-state index is 11.9. The van der Waals surface area contributed by atoms with E-state index in [0.29, 0.717) is 22.3 Å². The number of nitrogens with zero attached hydrogens (tertiary/aromatic N) is 1. The average Bonchev–Trinajstić information content (AvgIpc) is 3.07. The fourth-order valence-electron chi connectivity index (χ4n) is 1.79. The second kappa shape index (κ2) is 6.19. The molecule has 3 N–H and O–H groups in total. The van der Waals surface area contributed by atoms with Crippen LogP contribution in [0.3, 0.4) is 0 Å². The molecular formula is C14H13N3O2S2. The first kappa shape index (κ1) is 14.0. The molecule has 3 rings (SSSR count). The van der Waals surface area contributed by atoms with Crippen LogP contribution in [0.2, 0.25) is 0 Å². The Labute approximate surface area is 129 Å². The number of furan rings is 1. The van der Waals surface area contributed by atoms with E-state index in [1.165, 1.54) is 23.1 Å². The zero-order valence-electron chi connectivity index (χ0n) is 11.0. The molecule has 21 heavy (non-hydrogen) atoms. The normalized spacial score (nSPS) is 10.9. The largest absolute Gasteiger partial charge is 0.468 e. The van der Waals surface area contributed by atoms with Gasteiger partial charge in [0, 0.05) is 5.69 Å². The molecule has 0 atom stereocenters. The topological polar surface area (TPSA) is 81.1 Å². The predicted octanol–water partition coefficient (Wildman–Crippen LogP) is 3.34. The number of anilines is 2. The molecule has 0 saturated carbocycles. The summed E-state index contributed by atoms with van der Waals surface area (Å²) in [5.74, 6) is 1.83. The lowest BCUT2D eigenvalue weighted by Crippen LogP contribution is -2.13. The molecule has 0 unspecified atom stereocenters. The van der Waals surface area contributed by atoms with Gasteiger partial charge in [-0.2, -0.15) is 0 Å². The highest BCUT2D eigenvalue weighted by Crippen LogP contribution is 2.27. The molecule has 108 valence electrons. The Morgan fingerprint density at radius 3 is 3.14 bits per heavy atom. The van der Waals surface area contributed by atoms with Crippen LogP contribution in [0, 0.1) is 0 Å². The van der Waals surface area contributed by atoms with Crippen LogP contribution in [0.25, 0.3) is 10.2 Å². The quantitative estimate of drug-likeness (QED) is 0.705. The van der Waals surface area contributed by atoms with Gasteiger partial charge in [-0.3, -0.25) is 4.79 Å². The Balaban J connectivity index is 1.55. The first-order valence-corrected chi connectivity index (χ1v) is 8.24. The Bertz CT molecular complexity index is 753. The van der Waals surface area contributed by atoms with E-state index in [1.807, 2.05) is 24.3 Å². The zero-order valence-corrected chi connectivity index (χ0v) is 12.7. The van der Waals surface area contributed by atoms with Crippen molar-refractivity contribution in [3.05, 3.63) is 42.4 Å². The molecule has 3 aromatic rings. The maximum absolute atomic E-state index is 11.9. The summed E-state index contributed by atoms with van der Waals surface area (Å²) in [4.78, 5) is 16.2. The Morgan fingerprint density at radius 1 is 1.43 bits per heavy atom. The van der Waals surface area contributed by atoms with E-state index in [1.54, 1.807) is 12.3 Å². The van der Waals surface area contributed by atoms with Crippen LogP contribution in [0.1, 0.15) is 5.76 Å². The summed E-state index contributed by atoms with van der Waals surface area (Å²) in [6, 6.07) is 9.23. The van der Waals surface area contributed by atoms with Crippen molar-refractivity contribution in [2.24, 2.45) is 0 Å². The fraction of sp³-hybridized carbons (Fsp3) is 0.143. The summed E-state index contributed by atoms with van der Waals surface area (Å²) in [7, 11) is 0. The Morgan fingerprint density at radius 2 is 2.33 bits per heavy atom. The molecule has 0 aliphatic rings. The van der Waals surface area contributed by atoms with Crippen LogP contribution < -0.4 is 11.1 Å². The minimum atomic E-state index is -0.0708. The summed E-state index contributed by atoms with van der Waals surface area (Å²) in [6.45, 7) is 0. The number of amides is 1. The number of hydrogen-bond donors (Lipinski definition) is 2. The number of aromatic nitrogens is 1. The number of thioether (sulfide) groups is 1. The number of nitrogens with two attached hydrogens (primary N) is 1. The molecule has 0 aliphatic heterocycles. The van der Waals surface area contributed by atoms with Gasteiger partial charge in [0.1, 0.15) is 5.76 Å². The van der Waals surface area contributed by atoms with Crippen molar-refractivity contribution >= 4 is 50.0 Å². The number of carbonyl (C=O) groups is 1. The van der Waals surface area contributed by atoms with Crippen LogP contribution in [-0.4, -0.2) is 16.6 Å². The van der Waals surface area contributed by atoms with Gasteiger partial charge in [-0.25, -0.2) is 4.98 Å². The third-order valence-electron chi connectivity index (χ3n) is 2.72. The van der Waals surface area contributed by atoms with Crippen molar-refractivity contribution in [3.63, 3.8) is 0 Å². The lowest BCUT2D eigenvalue weighted by molar-refractivity contribution is -0.113. The molecule has 1 aromatic carbocycles. The number of rotatable bonds is 5. The van der Waals surface area contributed by atoms with Gasteiger partial charge in [0.25, 0.3) is 0 Å². The smallest absolute Gasteiger partial charge is 0.236 e. The third-order valence-corrected chi connectivity index (χ3v) is 4.60. The van der Waals surface area contributed by atoms with Gasteiger partial charge in [0.15, 0.2) is 5.13 Å². The van der Waals surface area contributed by atoms with Gasteiger partial charge >= 0.3 is 0 Å². The summed E-state index contributed by atoms with van der Waals surface area (Å²) < 4.78 is 6.18. The highest BCUT2D eigenvalue weighted by molar-refractivity contribution is 7.99. The molecule has 1 amide bonds. The highest BCUT2D eigenvalue weighted by Gasteiger charge is 2.08. The second-order valence-corrected chi connectivity index (χ2v) is 6.38. The fourth-order valence-corrected chi connectivity index (χ4v) is 3.44. The van der Waals surface area contributed by atoms with E-state index < -0.39 is 0 Å². The molecule has 0 fully saturated rings. The number of nitrogens with one attached hydrogen (secondary N) is 1. The van der Waals surface area contributed by atoms with Crippen molar-refractivity contribution in [2.75, 3.05) is 16.8 Å². The summed E-state index contributed by atoms with van der Waals surface area (Å²) in [5, 5.41) is 3.40. The molecule has 7 heteroatoms. The lowest BCUT2D eigenvalue weighted by Gasteiger charge is -2.00. The zero-order chi connectivity index (χ0) is 14.7. The molecular weight excluding hydrogens is 306 g/mol. The summed E-state index contributed by atoms with van der Waals surface area (Å²) >= 11 is 2.92. The minimum absolute atomic E-state index is 0.0708. The van der Waals surface area contributed by atoms with E-state index in [4.69, 9.17) is 10.2 Å². The van der Waals surface area contributed by atoms with Crippen LogP contribution >= 0.6 is 23.1 Å². The molecule has 0 spiro atoms. The molecule has 0 aliphatic carbocycles. The predicted molar refractivity (Wildman–Crippen MR) is 87.5 cm³/mol. The standard InChI is InChI=1S/C14H13N3O2S2/c15-9-3-4-11-12(6-9)21-14(16-11)17-13(18)8-20-7-10-2-1-5-19-10/h1-6H,7-8,15H2,(H,16,17,18). The van der Waals surface area contributed by atoms with Gasteiger partial charge < -0.3 is 15.5 Å². The van der Waals surface area contributed by atoms with Crippen molar-refractivity contribution in [1.29, 1.82) is 0 Å². The SMILES string of the molecule is Nc1ccc2nc(NC(=O)CSCc3ccco3)sc2c1. The monoisotopic (exact) mass is 319 g/mol. The molecule has 0 bridgehead atoms. The van der Waals surface area contributed by atoms with Crippen LogP contribution in [0.4, 0.5) is 10.8 Å². The van der Waals surface area contributed by atoms with Gasteiger partial charge in [0.05, 0.1) is 28.0 Å². The molecule has 0 radical (unpaired) electrons. The number of nitrogen functional groups attached to an aromatic ring is 1. The number of hydrogen-bond acceptors (Lipinski definition) is 6. The van der Waals surface area contributed by atoms with E-state index in [-0.39, 0.29) is 5.91 Å². The van der Waals surface area contributed by atoms with Crippen LogP contribution in [0.5, 0.6) is 0 Å². The highest BCUT2D eigenvalue weighted by atomic mass is 32.2. The lowest BCUT2D eigenvalue weighted by atomic mass is 10.3. The van der Waals surface area contributed by atoms with Crippen molar-refractivity contribution in [1.82, 2.24) is 4.98 Å². The van der Waals surface area contributed by atoms with Gasteiger partial charge in [-0.1, -0.05) is 11.3 Å². The number of carbonyl (C=O) groups excluding carboxylic acids is 1. The third kappa shape index (κ3) is 3.56. The van der Waals surface area contributed by atoms with Crippen molar-refractivity contribution < 1.29 is 9.21 Å².